The van der Waals surface area contributed by atoms with Gasteiger partial charge in [-0.25, -0.2) is 0 Å². The molecule has 110 valence electrons. The maximum absolute atomic E-state index is 12.3. The number of aromatic amines is 1. The van der Waals surface area contributed by atoms with Crippen LogP contribution < -0.4 is 16.4 Å². The van der Waals surface area contributed by atoms with Crippen molar-refractivity contribution >= 4 is 28.4 Å². The minimum Gasteiger partial charge on any atom is -0.399 e. The Morgan fingerprint density at radius 1 is 1.38 bits per heavy atom. The van der Waals surface area contributed by atoms with Crippen molar-refractivity contribution < 1.29 is 9.59 Å². The number of anilines is 1. The highest BCUT2D eigenvalue weighted by molar-refractivity contribution is 6.08. The van der Waals surface area contributed by atoms with Gasteiger partial charge in [-0.15, -0.1) is 0 Å². The second-order valence-electron chi connectivity index (χ2n) is 5.49. The number of hydrogen-bond acceptors (Lipinski definition) is 3. The number of amides is 2. The molecule has 1 unspecified atom stereocenters. The first kappa shape index (κ1) is 13.5. The average molecular weight is 286 g/mol. The van der Waals surface area contributed by atoms with E-state index in [4.69, 9.17) is 5.73 Å². The fourth-order valence-electron chi connectivity index (χ4n) is 2.22. The maximum atomic E-state index is 12.3. The highest BCUT2D eigenvalue weighted by Crippen LogP contribution is 2.21. The van der Waals surface area contributed by atoms with Crippen LogP contribution in [0.5, 0.6) is 0 Å². The molecule has 0 bridgehead atoms. The van der Waals surface area contributed by atoms with E-state index in [-0.39, 0.29) is 17.9 Å². The summed E-state index contributed by atoms with van der Waals surface area (Å²) >= 11 is 0. The number of rotatable bonds is 4. The van der Waals surface area contributed by atoms with Crippen LogP contribution in [0.3, 0.4) is 0 Å². The van der Waals surface area contributed by atoms with Crippen LogP contribution in [0.4, 0.5) is 5.69 Å². The summed E-state index contributed by atoms with van der Waals surface area (Å²) in [5, 5.41) is 6.34. The van der Waals surface area contributed by atoms with Crippen LogP contribution >= 0.6 is 0 Å². The number of carbonyl (C=O) groups is 2. The van der Waals surface area contributed by atoms with Crippen LogP contribution in [-0.2, 0) is 4.79 Å². The fraction of sp³-hybridized carbons (Fsp3) is 0.333. The predicted molar refractivity (Wildman–Crippen MR) is 80.8 cm³/mol. The minimum atomic E-state index is -0.566. The SMILES string of the molecule is CC(NC(=O)c1c[nH]c2ccc(N)cc12)C(=O)NC1CC1. The Balaban J connectivity index is 1.74. The van der Waals surface area contributed by atoms with Crippen LogP contribution in [0.15, 0.2) is 24.4 Å². The molecule has 3 rings (SSSR count). The lowest BCUT2D eigenvalue weighted by molar-refractivity contribution is -0.122. The molecule has 0 radical (unpaired) electrons. The molecule has 1 aliphatic rings. The number of carbonyl (C=O) groups excluding carboxylic acids is 2. The first-order valence-corrected chi connectivity index (χ1v) is 7.02. The van der Waals surface area contributed by atoms with E-state index in [2.05, 4.69) is 15.6 Å². The summed E-state index contributed by atoms with van der Waals surface area (Å²) in [6.07, 6.45) is 3.67. The van der Waals surface area contributed by atoms with Gasteiger partial charge in [0.1, 0.15) is 6.04 Å². The van der Waals surface area contributed by atoms with Crippen molar-refractivity contribution in [2.24, 2.45) is 0 Å². The lowest BCUT2D eigenvalue weighted by Crippen LogP contribution is -2.45. The Labute approximate surface area is 122 Å². The van der Waals surface area contributed by atoms with Crippen LogP contribution in [0.1, 0.15) is 30.1 Å². The van der Waals surface area contributed by atoms with Crippen LogP contribution in [0.2, 0.25) is 0 Å². The van der Waals surface area contributed by atoms with E-state index in [1.807, 2.05) is 6.07 Å². The zero-order chi connectivity index (χ0) is 15.0. The molecule has 1 fully saturated rings. The Morgan fingerprint density at radius 2 is 2.14 bits per heavy atom. The number of nitrogens with one attached hydrogen (secondary N) is 3. The number of nitrogens with two attached hydrogens (primary N) is 1. The van der Waals surface area contributed by atoms with E-state index in [0.717, 1.165) is 23.7 Å². The molecular formula is C15H18N4O2. The molecule has 6 heteroatoms. The highest BCUT2D eigenvalue weighted by atomic mass is 16.2. The summed E-state index contributed by atoms with van der Waals surface area (Å²) in [5.41, 5.74) is 7.67. The molecule has 21 heavy (non-hydrogen) atoms. The van der Waals surface area contributed by atoms with Gasteiger partial charge in [-0.2, -0.15) is 0 Å². The van der Waals surface area contributed by atoms with Crippen LogP contribution in [-0.4, -0.2) is 28.9 Å². The quantitative estimate of drug-likeness (QED) is 0.634. The predicted octanol–water partition coefficient (Wildman–Crippen LogP) is 1.15. The molecule has 1 aliphatic carbocycles. The number of H-pyrrole nitrogens is 1. The minimum absolute atomic E-state index is 0.148. The Kier molecular flexibility index (Phi) is 3.29. The van der Waals surface area contributed by atoms with E-state index < -0.39 is 6.04 Å². The van der Waals surface area contributed by atoms with Gasteiger partial charge >= 0.3 is 0 Å². The molecule has 1 atom stereocenters. The first-order chi connectivity index (χ1) is 10.0. The molecule has 1 aromatic heterocycles. The third-order valence-corrected chi connectivity index (χ3v) is 3.62. The molecule has 1 saturated carbocycles. The molecule has 0 spiro atoms. The first-order valence-electron chi connectivity index (χ1n) is 7.02. The summed E-state index contributed by atoms with van der Waals surface area (Å²) in [7, 11) is 0. The number of fused-ring (bicyclic) bond motifs is 1. The molecule has 0 saturated heterocycles. The average Bonchev–Trinajstić information content (AvgIpc) is 3.15. The molecule has 2 aromatic rings. The third kappa shape index (κ3) is 2.84. The van der Waals surface area contributed by atoms with Crippen molar-refractivity contribution in [1.29, 1.82) is 0 Å². The molecule has 2 amide bonds. The van der Waals surface area contributed by atoms with E-state index in [1.165, 1.54) is 0 Å². The largest absolute Gasteiger partial charge is 0.399 e. The number of benzene rings is 1. The second-order valence-corrected chi connectivity index (χ2v) is 5.49. The van der Waals surface area contributed by atoms with Crippen molar-refractivity contribution in [2.45, 2.75) is 31.8 Å². The second kappa shape index (κ2) is 5.12. The molecular weight excluding hydrogens is 268 g/mol. The molecule has 5 N–H and O–H groups in total. The summed E-state index contributed by atoms with van der Waals surface area (Å²) in [4.78, 5) is 27.2. The van der Waals surface area contributed by atoms with E-state index in [1.54, 1.807) is 25.3 Å². The fourth-order valence-corrected chi connectivity index (χ4v) is 2.22. The van der Waals surface area contributed by atoms with E-state index in [9.17, 15) is 9.59 Å². The van der Waals surface area contributed by atoms with Crippen molar-refractivity contribution in [3.8, 4) is 0 Å². The van der Waals surface area contributed by atoms with Gasteiger partial charge in [0.2, 0.25) is 5.91 Å². The van der Waals surface area contributed by atoms with Gasteiger partial charge in [0.25, 0.3) is 5.91 Å². The standard InChI is InChI=1S/C15H18N4O2/c1-8(14(20)19-10-3-4-10)18-15(21)12-7-17-13-5-2-9(16)6-11(12)13/h2,5-8,10,17H,3-4,16H2,1H3,(H,18,21)(H,19,20). The van der Waals surface area contributed by atoms with Crippen molar-refractivity contribution in [2.75, 3.05) is 5.73 Å². The molecule has 1 heterocycles. The molecule has 6 nitrogen and oxygen atoms in total. The highest BCUT2D eigenvalue weighted by Gasteiger charge is 2.26. The van der Waals surface area contributed by atoms with Crippen molar-refractivity contribution in [1.82, 2.24) is 15.6 Å². The lowest BCUT2D eigenvalue weighted by Gasteiger charge is -2.13. The van der Waals surface area contributed by atoms with Gasteiger partial charge in [0, 0.05) is 28.8 Å². The van der Waals surface area contributed by atoms with E-state index >= 15 is 0 Å². The zero-order valence-corrected chi connectivity index (χ0v) is 11.8. The maximum Gasteiger partial charge on any atom is 0.254 e. The molecule has 0 aliphatic heterocycles. The smallest absolute Gasteiger partial charge is 0.254 e. The van der Waals surface area contributed by atoms with Crippen molar-refractivity contribution in [3.63, 3.8) is 0 Å². The van der Waals surface area contributed by atoms with Crippen LogP contribution in [0, 0.1) is 0 Å². The summed E-state index contributed by atoms with van der Waals surface area (Å²) in [5.74, 6) is -0.435. The number of nitrogen functional groups attached to an aromatic ring is 1. The lowest BCUT2D eigenvalue weighted by atomic mass is 10.1. The summed E-state index contributed by atoms with van der Waals surface area (Å²) < 4.78 is 0. The number of aromatic nitrogens is 1. The van der Waals surface area contributed by atoms with Gasteiger partial charge < -0.3 is 21.4 Å². The normalized spacial score (nSPS) is 15.7. The van der Waals surface area contributed by atoms with Gasteiger partial charge in [-0.05, 0) is 38.0 Å². The summed E-state index contributed by atoms with van der Waals surface area (Å²) in [6.45, 7) is 1.68. The molecule has 1 aromatic carbocycles. The Morgan fingerprint density at radius 3 is 2.86 bits per heavy atom. The number of hydrogen-bond donors (Lipinski definition) is 4. The summed E-state index contributed by atoms with van der Waals surface area (Å²) in [6, 6.07) is 5.06. The van der Waals surface area contributed by atoms with Gasteiger partial charge in [0.05, 0.1) is 5.56 Å². The Hall–Kier alpha value is -2.50. The Bertz CT molecular complexity index is 703. The van der Waals surface area contributed by atoms with Crippen molar-refractivity contribution in [3.05, 3.63) is 30.0 Å². The third-order valence-electron chi connectivity index (χ3n) is 3.62. The van der Waals surface area contributed by atoms with Gasteiger partial charge in [-0.3, -0.25) is 9.59 Å². The van der Waals surface area contributed by atoms with Gasteiger partial charge in [-0.1, -0.05) is 0 Å². The van der Waals surface area contributed by atoms with Gasteiger partial charge in [0.15, 0.2) is 0 Å². The topological polar surface area (TPSA) is 100 Å². The van der Waals surface area contributed by atoms with E-state index in [0.29, 0.717) is 11.3 Å². The zero-order valence-electron chi connectivity index (χ0n) is 11.8. The monoisotopic (exact) mass is 286 g/mol. The van der Waals surface area contributed by atoms with Crippen LogP contribution in [0.25, 0.3) is 10.9 Å².